The van der Waals surface area contributed by atoms with Gasteiger partial charge in [-0.25, -0.2) is 4.98 Å². The van der Waals surface area contributed by atoms with Gasteiger partial charge in [-0.2, -0.15) is 0 Å². The number of hydrogen-bond donors (Lipinski definition) is 0. The Bertz CT molecular complexity index is 3730. The molecule has 1 atom stereocenters. The summed E-state index contributed by atoms with van der Waals surface area (Å²) < 4.78 is 9.78. The monoisotopic (exact) mass is 964 g/mol. The number of fused-ring (bicyclic) bond motifs is 7. The third kappa shape index (κ3) is 6.38. The van der Waals surface area contributed by atoms with E-state index in [4.69, 9.17) is 9.72 Å². The fraction of sp³-hybridized carbons (Fsp3) is 0.123. The van der Waals surface area contributed by atoms with Crippen LogP contribution in [0.4, 0.5) is 22.7 Å². The summed E-state index contributed by atoms with van der Waals surface area (Å²) in [4.78, 5) is 10.1. The summed E-state index contributed by atoms with van der Waals surface area (Å²) in [6.07, 6.45) is 7.82. The van der Waals surface area contributed by atoms with Crippen LogP contribution in [0, 0.1) is 0 Å². The van der Waals surface area contributed by atoms with E-state index in [0.717, 1.165) is 40.6 Å². The van der Waals surface area contributed by atoms with E-state index in [1.807, 2.05) is 6.20 Å². The van der Waals surface area contributed by atoms with Crippen LogP contribution in [0.1, 0.15) is 49.6 Å². The Morgan fingerprint density at radius 2 is 1.22 bits per heavy atom. The molecular weight excluding hydrogens is 912 g/mol. The zero-order valence-electron chi connectivity index (χ0n) is 40.9. The maximum absolute atomic E-state index is 7.34. The summed E-state index contributed by atoms with van der Waals surface area (Å²) >= 11 is 0. The van der Waals surface area contributed by atoms with Crippen molar-refractivity contribution in [2.24, 2.45) is 0 Å². The second-order valence-electron chi connectivity index (χ2n) is 20.8. The van der Waals surface area contributed by atoms with Crippen LogP contribution in [0.5, 0.6) is 11.5 Å². The molecule has 0 saturated heterocycles. The van der Waals surface area contributed by atoms with Crippen LogP contribution in [0.3, 0.4) is 0 Å². The topological polar surface area (TPSA) is 33.5 Å². The first-order valence-corrected chi connectivity index (χ1v) is 29.1. The maximum atomic E-state index is 7.34. The second-order valence-corrected chi connectivity index (χ2v) is 26.8. The molecule has 8 aromatic carbocycles. The third-order valence-electron chi connectivity index (χ3n) is 15.9. The Morgan fingerprint density at radius 1 is 0.597 bits per heavy atom. The van der Waals surface area contributed by atoms with Crippen LogP contribution in [0.15, 0.2) is 212 Å². The van der Waals surface area contributed by atoms with E-state index in [-0.39, 0.29) is 5.41 Å². The third-order valence-corrected chi connectivity index (χ3v) is 23.9. The lowest BCUT2D eigenvalue weighted by molar-refractivity contribution is 0.483. The van der Waals surface area contributed by atoms with Gasteiger partial charge in [0, 0.05) is 40.5 Å². The Kier molecular flexibility index (Phi) is 9.80. The predicted octanol–water partition coefficient (Wildman–Crippen LogP) is 13.6. The highest BCUT2D eigenvalue weighted by atomic mass is 31.1. The molecule has 0 N–H and O–H groups in total. The van der Waals surface area contributed by atoms with Crippen molar-refractivity contribution >= 4 is 81.9 Å². The molecule has 5 heterocycles. The van der Waals surface area contributed by atoms with Crippen LogP contribution in [-0.2, 0) is 5.41 Å². The highest BCUT2D eigenvalue weighted by Gasteiger charge is 2.58. The molecule has 0 amide bonds. The molecule has 348 valence electrons. The number of allylic oxidation sites excluding steroid dienone is 1. The fourth-order valence-electron chi connectivity index (χ4n) is 12.7. The molecule has 10 aromatic rings. The van der Waals surface area contributed by atoms with Crippen molar-refractivity contribution in [3.05, 3.63) is 229 Å². The van der Waals surface area contributed by atoms with E-state index in [0.29, 0.717) is 12.2 Å². The van der Waals surface area contributed by atoms with Gasteiger partial charge < -0.3 is 14.5 Å². The molecule has 14 rings (SSSR count). The molecule has 0 saturated carbocycles. The highest BCUT2D eigenvalue weighted by Crippen LogP contribution is 2.53. The number of nitrogens with zero attached hydrogens (tertiary/aromatic N) is 4. The molecule has 0 radical (unpaired) electrons. The Balaban J connectivity index is 0.930. The lowest BCUT2D eigenvalue weighted by Gasteiger charge is -2.44. The van der Waals surface area contributed by atoms with Gasteiger partial charge >= 0.3 is 0 Å². The lowest BCUT2D eigenvalue weighted by Crippen LogP contribution is -2.76. The van der Waals surface area contributed by atoms with Gasteiger partial charge in [0.1, 0.15) is 24.0 Å². The minimum absolute atomic E-state index is 0.0338. The molecule has 2 aromatic heterocycles. The van der Waals surface area contributed by atoms with Gasteiger partial charge in [0.15, 0.2) is 8.07 Å². The summed E-state index contributed by atoms with van der Waals surface area (Å²) in [6.45, 7) is 9.95. The predicted molar refractivity (Wildman–Crippen MR) is 305 cm³/mol. The van der Waals surface area contributed by atoms with Crippen molar-refractivity contribution < 1.29 is 4.74 Å². The normalized spacial score (nSPS) is 18.1. The number of benzene rings is 8. The van der Waals surface area contributed by atoms with E-state index < -0.39 is 16.0 Å². The van der Waals surface area contributed by atoms with Gasteiger partial charge in [0.2, 0.25) is 0 Å². The van der Waals surface area contributed by atoms with Crippen LogP contribution < -0.4 is 40.7 Å². The number of rotatable bonds is 7. The highest BCUT2D eigenvalue weighted by molar-refractivity contribution is 7.74. The van der Waals surface area contributed by atoms with E-state index in [9.17, 15) is 0 Å². The number of anilines is 4. The molecule has 3 aliphatic heterocycles. The maximum Gasteiger partial charge on any atom is 0.158 e. The Labute approximate surface area is 424 Å². The average Bonchev–Trinajstić information content (AvgIpc) is 4.07. The molecule has 4 aliphatic rings. The summed E-state index contributed by atoms with van der Waals surface area (Å²) in [7, 11) is -3.23. The van der Waals surface area contributed by atoms with Crippen molar-refractivity contribution in [1.29, 1.82) is 0 Å². The first-order chi connectivity index (χ1) is 35.3. The first kappa shape index (κ1) is 43.1. The van der Waals surface area contributed by atoms with Gasteiger partial charge in [0.25, 0.3) is 0 Å². The molecule has 0 bridgehead atoms. The molecule has 72 heavy (non-hydrogen) atoms. The van der Waals surface area contributed by atoms with E-state index in [1.54, 1.807) is 10.4 Å². The minimum Gasteiger partial charge on any atom is -0.457 e. The summed E-state index contributed by atoms with van der Waals surface area (Å²) in [5.74, 6) is 2.60. The first-order valence-electron chi connectivity index (χ1n) is 25.2. The fourth-order valence-corrected chi connectivity index (χ4v) is 22.5. The quantitative estimate of drug-likeness (QED) is 0.118. The number of hydrogen-bond acceptors (Lipinski definition) is 4. The lowest BCUT2D eigenvalue weighted by atomic mass is 9.88. The van der Waals surface area contributed by atoms with Crippen LogP contribution in [-0.4, -0.2) is 31.0 Å². The number of ether oxygens (including phenoxy) is 1. The van der Waals surface area contributed by atoms with E-state index in [2.05, 4.69) is 254 Å². The SMILES string of the molecule is CP1c2ccccc2[Si]2(c3ccccc31)c1cc(Oc3cccc(N4CN(c5c(-c6ccccc6)cccc5-c5ccccc5)c5ccccc54)c3)cc3c1c1c(n3-c3cc(C(C)(C)C)ccn3)C=CCC12. The molecule has 5 nitrogen and oxygen atoms in total. The molecular formula is C65H53N4OPSi. The van der Waals surface area contributed by atoms with Crippen LogP contribution in [0.2, 0.25) is 0 Å². The smallest absolute Gasteiger partial charge is 0.158 e. The molecule has 1 unspecified atom stereocenters. The van der Waals surface area contributed by atoms with Gasteiger partial charge in [0.05, 0.1) is 28.3 Å². The van der Waals surface area contributed by atoms with Crippen molar-refractivity contribution in [3.63, 3.8) is 0 Å². The van der Waals surface area contributed by atoms with Crippen LogP contribution in [0.25, 0.3) is 45.1 Å². The zero-order chi connectivity index (χ0) is 48.3. The molecule has 1 spiro atoms. The Morgan fingerprint density at radius 3 is 1.90 bits per heavy atom. The van der Waals surface area contributed by atoms with E-state index >= 15 is 0 Å². The second kappa shape index (κ2) is 16.4. The zero-order valence-corrected chi connectivity index (χ0v) is 42.8. The van der Waals surface area contributed by atoms with Gasteiger partial charge in [-0.3, -0.25) is 4.57 Å². The van der Waals surface area contributed by atoms with Gasteiger partial charge in [-0.05, 0) is 129 Å². The number of aromatic nitrogens is 2. The number of para-hydroxylation sites is 3. The number of pyridine rings is 1. The largest absolute Gasteiger partial charge is 0.457 e. The minimum atomic E-state index is -2.71. The molecule has 1 aliphatic carbocycles. The molecule has 0 fully saturated rings. The molecule has 7 heteroatoms. The van der Waals surface area contributed by atoms with Gasteiger partial charge in [-0.1, -0.05) is 172 Å². The van der Waals surface area contributed by atoms with Crippen molar-refractivity contribution in [2.45, 2.75) is 38.1 Å². The Hall–Kier alpha value is -7.76. The van der Waals surface area contributed by atoms with Crippen LogP contribution >= 0.6 is 7.92 Å². The van der Waals surface area contributed by atoms with Crippen molar-refractivity contribution in [2.75, 3.05) is 23.1 Å². The summed E-state index contributed by atoms with van der Waals surface area (Å²) in [5.41, 5.74) is 14.8. The van der Waals surface area contributed by atoms with Gasteiger partial charge in [-0.15, -0.1) is 0 Å². The van der Waals surface area contributed by atoms with Crippen molar-refractivity contribution in [1.82, 2.24) is 9.55 Å². The summed E-state index contributed by atoms with van der Waals surface area (Å²) in [6, 6.07) is 74.0. The van der Waals surface area contributed by atoms with E-state index in [1.165, 1.54) is 71.6 Å². The standard InChI is InChI=1S/C65H53N4OPSi/c1-65(2,3)45-36-37-66-61(38-45)69-53-30-19-35-59-62(53)63-54(69)40-48(41-60(63)72(59)57-33-15-13-31-55(57)71(4)56-32-14-16-34-58(56)72)70-47-25-17-24-46(39-47)67-42-68(52-29-12-11-28-51(52)67)64-49(43-20-7-5-8-21-43)26-18-27-50(64)44-22-9-6-10-23-44/h5-34,36-41,59H,35,42H2,1-4H3. The average molecular weight is 965 g/mol. The van der Waals surface area contributed by atoms with Crippen molar-refractivity contribution in [3.8, 4) is 39.6 Å². The summed E-state index contributed by atoms with van der Waals surface area (Å²) in [5, 5.41) is 9.05.